The lowest BCUT2D eigenvalue weighted by Gasteiger charge is -2.16. The van der Waals surface area contributed by atoms with Crippen molar-refractivity contribution in [3.63, 3.8) is 0 Å². The van der Waals surface area contributed by atoms with Gasteiger partial charge in [0, 0.05) is 26.3 Å². The SMILES string of the molecule is CCNCc1ccc(F)cc1S(=O)(=O)NC(C)CCOC. The minimum absolute atomic E-state index is 0.0206. The van der Waals surface area contributed by atoms with Gasteiger partial charge in [-0.25, -0.2) is 17.5 Å². The molecule has 0 amide bonds. The topological polar surface area (TPSA) is 67.4 Å². The van der Waals surface area contributed by atoms with E-state index in [0.29, 0.717) is 31.7 Å². The first-order valence-electron chi connectivity index (χ1n) is 6.91. The lowest BCUT2D eigenvalue weighted by atomic mass is 10.2. The predicted octanol–water partition coefficient (Wildman–Crippen LogP) is 1.64. The Hall–Kier alpha value is -1.02. The van der Waals surface area contributed by atoms with E-state index in [1.165, 1.54) is 12.1 Å². The maximum atomic E-state index is 13.4. The van der Waals surface area contributed by atoms with Crippen LogP contribution >= 0.6 is 0 Å². The third-order valence-electron chi connectivity index (χ3n) is 3.00. The van der Waals surface area contributed by atoms with Crippen molar-refractivity contribution in [1.82, 2.24) is 10.0 Å². The number of ether oxygens (including phenoxy) is 1. The van der Waals surface area contributed by atoms with Crippen molar-refractivity contribution >= 4 is 10.0 Å². The first-order chi connectivity index (χ1) is 9.90. The summed E-state index contributed by atoms with van der Waals surface area (Å²) in [5.41, 5.74) is 0.546. The Bertz CT molecular complexity index is 549. The number of rotatable bonds is 9. The van der Waals surface area contributed by atoms with Crippen LogP contribution in [-0.4, -0.2) is 34.7 Å². The molecule has 1 unspecified atom stereocenters. The van der Waals surface area contributed by atoms with Crippen LogP contribution in [0.15, 0.2) is 23.1 Å². The molecule has 2 N–H and O–H groups in total. The van der Waals surface area contributed by atoms with Gasteiger partial charge in [-0.3, -0.25) is 0 Å². The van der Waals surface area contributed by atoms with Gasteiger partial charge in [0.2, 0.25) is 10.0 Å². The fraction of sp³-hybridized carbons (Fsp3) is 0.571. The van der Waals surface area contributed by atoms with Crippen LogP contribution in [0.25, 0.3) is 0 Å². The summed E-state index contributed by atoms with van der Waals surface area (Å²) in [4.78, 5) is -0.0206. The molecule has 0 bridgehead atoms. The van der Waals surface area contributed by atoms with Crippen molar-refractivity contribution in [2.45, 2.75) is 37.8 Å². The third-order valence-corrected chi connectivity index (χ3v) is 4.67. The van der Waals surface area contributed by atoms with Gasteiger partial charge in [0.05, 0.1) is 4.90 Å². The molecular formula is C14H23FN2O3S. The molecule has 1 atom stereocenters. The summed E-state index contributed by atoms with van der Waals surface area (Å²) in [6.45, 7) is 5.20. The molecule has 1 aromatic rings. The highest BCUT2D eigenvalue weighted by molar-refractivity contribution is 7.89. The standard InChI is InChI=1S/C14H23FN2O3S/c1-4-16-10-12-5-6-13(15)9-14(12)21(18,19)17-11(2)7-8-20-3/h5-6,9,11,16-17H,4,7-8,10H2,1-3H3. The van der Waals surface area contributed by atoms with Gasteiger partial charge in [-0.2, -0.15) is 0 Å². The summed E-state index contributed by atoms with van der Waals surface area (Å²) in [7, 11) is -2.20. The highest BCUT2D eigenvalue weighted by Gasteiger charge is 2.21. The summed E-state index contributed by atoms with van der Waals surface area (Å²) in [6.07, 6.45) is 0.549. The molecule has 120 valence electrons. The Balaban J connectivity index is 2.97. The molecule has 1 rings (SSSR count). The van der Waals surface area contributed by atoms with Crippen molar-refractivity contribution in [2.24, 2.45) is 0 Å². The van der Waals surface area contributed by atoms with Gasteiger partial charge in [0.15, 0.2) is 0 Å². The quantitative estimate of drug-likeness (QED) is 0.726. The van der Waals surface area contributed by atoms with Crippen LogP contribution in [0.5, 0.6) is 0 Å². The highest BCUT2D eigenvalue weighted by Crippen LogP contribution is 2.18. The normalized spacial score (nSPS) is 13.3. The molecule has 0 aromatic heterocycles. The van der Waals surface area contributed by atoms with E-state index in [2.05, 4.69) is 10.0 Å². The smallest absolute Gasteiger partial charge is 0.241 e. The van der Waals surface area contributed by atoms with Gasteiger partial charge < -0.3 is 10.1 Å². The molecule has 0 saturated carbocycles. The molecule has 0 aliphatic heterocycles. The molecule has 7 heteroatoms. The zero-order valence-corrected chi connectivity index (χ0v) is 13.5. The summed E-state index contributed by atoms with van der Waals surface area (Å²) in [5.74, 6) is -0.569. The Morgan fingerprint density at radius 1 is 1.38 bits per heavy atom. The highest BCUT2D eigenvalue weighted by atomic mass is 32.2. The van der Waals surface area contributed by atoms with Gasteiger partial charge in [0.25, 0.3) is 0 Å². The van der Waals surface area contributed by atoms with E-state index >= 15 is 0 Å². The average molecular weight is 318 g/mol. The summed E-state index contributed by atoms with van der Waals surface area (Å²) < 4.78 is 45.7. The molecule has 0 fully saturated rings. The number of methoxy groups -OCH3 is 1. The van der Waals surface area contributed by atoms with E-state index in [-0.39, 0.29) is 10.9 Å². The van der Waals surface area contributed by atoms with Crippen LogP contribution in [0.2, 0.25) is 0 Å². The fourth-order valence-corrected chi connectivity index (χ4v) is 3.39. The monoisotopic (exact) mass is 318 g/mol. The van der Waals surface area contributed by atoms with Crippen molar-refractivity contribution in [2.75, 3.05) is 20.3 Å². The minimum atomic E-state index is -3.76. The van der Waals surface area contributed by atoms with Crippen LogP contribution in [0.1, 0.15) is 25.8 Å². The van der Waals surface area contributed by atoms with Crippen LogP contribution < -0.4 is 10.0 Å². The fourth-order valence-electron chi connectivity index (χ4n) is 1.87. The lowest BCUT2D eigenvalue weighted by molar-refractivity contribution is 0.188. The van der Waals surface area contributed by atoms with Crippen molar-refractivity contribution in [3.05, 3.63) is 29.6 Å². The third kappa shape index (κ3) is 5.70. The van der Waals surface area contributed by atoms with Crippen molar-refractivity contribution in [1.29, 1.82) is 0 Å². The molecule has 21 heavy (non-hydrogen) atoms. The molecule has 5 nitrogen and oxygen atoms in total. The van der Waals surface area contributed by atoms with Crippen LogP contribution in [-0.2, 0) is 21.3 Å². The Morgan fingerprint density at radius 3 is 2.71 bits per heavy atom. The molecule has 1 aromatic carbocycles. The maximum Gasteiger partial charge on any atom is 0.241 e. The molecule has 0 spiro atoms. The van der Waals surface area contributed by atoms with Gasteiger partial charge in [-0.05, 0) is 37.6 Å². The van der Waals surface area contributed by atoms with Gasteiger partial charge in [0.1, 0.15) is 5.82 Å². The second-order valence-corrected chi connectivity index (χ2v) is 6.52. The molecule has 0 aliphatic carbocycles. The average Bonchev–Trinajstić information content (AvgIpc) is 2.43. The lowest BCUT2D eigenvalue weighted by Crippen LogP contribution is -2.34. The van der Waals surface area contributed by atoms with Gasteiger partial charge >= 0.3 is 0 Å². The number of sulfonamides is 1. The van der Waals surface area contributed by atoms with E-state index in [1.807, 2.05) is 6.92 Å². The number of hydrogen-bond donors (Lipinski definition) is 2. The van der Waals surface area contributed by atoms with Crippen LogP contribution in [0.3, 0.4) is 0 Å². The molecule has 0 aliphatic rings. The molecule has 0 heterocycles. The molecular weight excluding hydrogens is 295 g/mol. The van der Waals surface area contributed by atoms with Crippen LogP contribution in [0, 0.1) is 5.82 Å². The zero-order chi connectivity index (χ0) is 15.9. The second-order valence-electron chi connectivity index (χ2n) is 4.84. The second kappa shape index (κ2) is 8.43. The van der Waals surface area contributed by atoms with E-state index in [1.54, 1.807) is 14.0 Å². The minimum Gasteiger partial charge on any atom is -0.385 e. The van der Waals surface area contributed by atoms with Gasteiger partial charge in [-0.15, -0.1) is 0 Å². The Morgan fingerprint density at radius 2 is 2.10 bits per heavy atom. The summed E-state index contributed by atoms with van der Waals surface area (Å²) in [6, 6.07) is 3.52. The zero-order valence-electron chi connectivity index (χ0n) is 12.6. The van der Waals surface area contributed by atoms with Crippen LogP contribution in [0.4, 0.5) is 4.39 Å². The van der Waals surface area contributed by atoms with E-state index in [0.717, 1.165) is 6.07 Å². The maximum absolute atomic E-state index is 13.4. The Kier molecular flexibility index (Phi) is 7.24. The number of benzene rings is 1. The number of nitrogens with one attached hydrogen (secondary N) is 2. The van der Waals surface area contributed by atoms with Crippen molar-refractivity contribution in [3.8, 4) is 0 Å². The van der Waals surface area contributed by atoms with Gasteiger partial charge in [-0.1, -0.05) is 13.0 Å². The number of hydrogen-bond acceptors (Lipinski definition) is 4. The Labute approximate surface area is 125 Å². The van der Waals surface area contributed by atoms with E-state index < -0.39 is 15.8 Å². The molecule has 0 saturated heterocycles. The van der Waals surface area contributed by atoms with Crippen molar-refractivity contribution < 1.29 is 17.5 Å². The number of halogens is 1. The van der Waals surface area contributed by atoms with E-state index in [9.17, 15) is 12.8 Å². The van der Waals surface area contributed by atoms with E-state index in [4.69, 9.17) is 4.74 Å². The molecule has 0 radical (unpaired) electrons. The predicted molar refractivity (Wildman–Crippen MR) is 80.1 cm³/mol. The summed E-state index contributed by atoms with van der Waals surface area (Å²) in [5, 5.41) is 3.05. The summed E-state index contributed by atoms with van der Waals surface area (Å²) >= 11 is 0. The largest absolute Gasteiger partial charge is 0.385 e. The first-order valence-corrected chi connectivity index (χ1v) is 8.39. The first kappa shape index (κ1) is 18.0.